The lowest BCUT2D eigenvalue weighted by atomic mass is 9.99. The second-order valence-corrected chi connectivity index (χ2v) is 11.0. The van der Waals surface area contributed by atoms with Crippen molar-refractivity contribution >= 4 is 12.2 Å². The fourth-order valence-electron chi connectivity index (χ4n) is 5.67. The van der Waals surface area contributed by atoms with Crippen molar-refractivity contribution in [3.8, 4) is 0 Å². The molecule has 13 heteroatoms. The lowest BCUT2D eigenvalue weighted by Crippen LogP contribution is -2.54. The summed E-state index contributed by atoms with van der Waals surface area (Å²) in [6, 6.07) is 2.75. The van der Waals surface area contributed by atoms with Crippen LogP contribution in [-0.4, -0.2) is 81.4 Å². The molecule has 0 aromatic carbocycles. The lowest BCUT2D eigenvalue weighted by molar-refractivity contribution is -0.155. The number of halogens is 3. The highest BCUT2D eigenvalue weighted by atomic mass is 19.4. The highest BCUT2D eigenvalue weighted by Crippen LogP contribution is 2.36. The summed E-state index contributed by atoms with van der Waals surface area (Å²) >= 11 is 0. The number of amides is 1. The quantitative estimate of drug-likeness (QED) is 0.162. The van der Waals surface area contributed by atoms with Crippen LogP contribution in [0.4, 0.5) is 13.2 Å². The van der Waals surface area contributed by atoms with E-state index in [1.54, 1.807) is 18.9 Å². The molecule has 1 aromatic heterocycles. The van der Waals surface area contributed by atoms with E-state index in [-0.39, 0.29) is 41.7 Å². The summed E-state index contributed by atoms with van der Waals surface area (Å²) in [6.07, 6.45) is 0.301. The SMILES string of the molecule is C=C(NCC1CCCC(c2ccc(C(F)(F)F)o2)O1)/C(C)=C(\N=C/N)C(=O)N1CCC(NC2CCOCC2OC)CC1. The van der Waals surface area contributed by atoms with Gasteiger partial charge in [-0.05, 0) is 57.6 Å². The maximum atomic E-state index is 13.5. The fraction of sp³-hybridized carbons (Fsp3) is 0.655. The zero-order valence-electron chi connectivity index (χ0n) is 24.3. The number of ether oxygens (including phenoxy) is 3. The summed E-state index contributed by atoms with van der Waals surface area (Å²) in [4.78, 5) is 19.4. The van der Waals surface area contributed by atoms with E-state index in [4.69, 9.17) is 24.4 Å². The number of allylic oxidation sites excluding steroid dienone is 1. The van der Waals surface area contributed by atoms with Gasteiger partial charge in [0.15, 0.2) is 0 Å². The van der Waals surface area contributed by atoms with E-state index in [1.165, 1.54) is 6.07 Å². The summed E-state index contributed by atoms with van der Waals surface area (Å²) in [5.74, 6) is -1.09. The number of aliphatic imine (C=N–C) groups is 1. The van der Waals surface area contributed by atoms with Gasteiger partial charge >= 0.3 is 6.18 Å². The van der Waals surface area contributed by atoms with E-state index in [1.807, 2.05) is 0 Å². The van der Waals surface area contributed by atoms with Crippen LogP contribution in [0.3, 0.4) is 0 Å². The zero-order valence-corrected chi connectivity index (χ0v) is 24.3. The van der Waals surface area contributed by atoms with Gasteiger partial charge in [-0.25, -0.2) is 4.99 Å². The van der Waals surface area contributed by atoms with Crippen molar-refractivity contribution in [3.63, 3.8) is 0 Å². The van der Waals surface area contributed by atoms with Crippen LogP contribution >= 0.6 is 0 Å². The Morgan fingerprint density at radius 3 is 2.67 bits per heavy atom. The molecule has 1 aromatic rings. The van der Waals surface area contributed by atoms with Crippen molar-refractivity contribution < 1.29 is 36.6 Å². The number of hydrogen-bond acceptors (Lipinski definition) is 8. The Labute approximate surface area is 244 Å². The van der Waals surface area contributed by atoms with Crippen LogP contribution in [0.2, 0.25) is 0 Å². The van der Waals surface area contributed by atoms with Gasteiger partial charge in [-0.1, -0.05) is 6.58 Å². The largest absolute Gasteiger partial charge is 0.454 e. The van der Waals surface area contributed by atoms with Crippen LogP contribution in [0.1, 0.15) is 63.1 Å². The van der Waals surface area contributed by atoms with E-state index in [2.05, 4.69) is 22.2 Å². The van der Waals surface area contributed by atoms with Gasteiger partial charge in [-0.3, -0.25) is 4.79 Å². The zero-order chi connectivity index (χ0) is 30.3. The van der Waals surface area contributed by atoms with E-state index >= 15 is 0 Å². The van der Waals surface area contributed by atoms with Crippen molar-refractivity contribution in [1.29, 1.82) is 0 Å². The van der Waals surface area contributed by atoms with Crippen LogP contribution in [0, 0.1) is 0 Å². The predicted octanol–water partition coefficient (Wildman–Crippen LogP) is 3.66. The van der Waals surface area contributed by atoms with Crippen LogP contribution in [-0.2, 0) is 25.2 Å². The van der Waals surface area contributed by atoms with Crippen LogP contribution in [0.15, 0.2) is 45.1 Å². The molecule has 0 spiro atoms. The molecule has 3 aliphatic rings. The van der Waals surface area contributed by atoms with E-state index in [9.17, 15) is 18.0 Å². The number of nitrogens with two attached hydrogens (primary N) is 1. The number of carbonyl (C=O) groups is 1. The first-order valence-electron chi connectivity index (χ1n) is 14.5. The number of furan rings is 1. The second kappa shape index (κ2) is 14.5. The molecule has 0 saturated carbocycles. The molecule has 4 heterocycles. The number of alkyl halides is 3. The molecule has 4 unspecified atom stereocenters. The van der Waals surface area contributed by atoms with Gasteiger partial charge < -0.3 is 39.9 Å². The van der Waals surface area contributed by atoms with Crippen molar-refractivity contribution in [2.75, 3.05) is 40.0 Å². The van der Waals surface area contributed by atoms with Gasteiger partial charge in [0.25, 0.3) is 5.91 Å². The monoisotopic (exact) mass is 597 g/mol. The van der Waals surface area contributed by atoms with Crippen molar-refractivity contribution in [2.24, 2.45) is 10.7 Å². The highest BCUT2D eigenvalue weighted by molar-refractivity contribution is 5.95. The maximum absolute atomic E-state index is 13.5. The Bertz CT molecular complexity index is 1130. The molecule has 0 bridgehead atoms. The average molecular weight is 598 g/mol. The van der Waals surface area contributed by atoms with Crippen LogP contribution < -0.4 is 16.4 Å². The standard InChI is InChI=1S/C29H42F3N5O5/c1-18(19(2)34-15-21-5-4-6-23(41-21)24-7-8-26(42-24)29(30,31)32)27(35-17-33)28(38)37-12-9-20(10-13-37)36-22-11-14-40-16-25(22)39-3/h7-8,17,20-23,25,34,36H,2,4-6,9-16H2,1,3H3,(H2,33,35)/b27-18-. The van der Waals surface area contributed by atoms with Crippen LogP contribution in [0.25, 0.3) is 0 Å². The summed E-state index contributed by atoms with van der Waals surface area (Å²) in [6.45, 7) is 8.64. The Morgan fingerprint density at radius 2 is 2.00 bits per heavy atom. The molecule has 3 aliphatic heterocycles. The number of nitrogens with one attached hydrogen (secondary N) is 2. The lowest BCUT2D eigenvalue weighted by Gasteiger charge is -2.38. The Kier molecular flexibility index (Phi) is 11.1. The number of methoxy groups -OCH3 is 1. The fourth-order valence-corrected chi connectivity index (χ4v) is 5.67. The molecule has 0 aliphatic carbocycles. The first-order valence-corrected chi connectivity index (χ1v) is 14.5. The van der Waals surface area contributed by atoms with E-state index < -0.39 is 18.0 Å². The molecule has 234 valence electrons. The molecule has 3 saturated heterocycles. The predicted molar refractivity (Wildman–Crippen MR) is 150 cm³/mol. The number of hydrogen-bond donors (Lipinski definition) is 3. The Morgan fingerprint density at radius 1 is 1.24 bits per heavy atom. The molecular formula is C29H42F3N5O5. The van der Waals surface area contributed by atoms with Gasteiger partial charge in [0.1, 0.15) is 17.6 Å². The number of likely N-dealkylation sites (tertiary alicyclic amines) is 1. The van der Waals surface area contributed by atoms with Crippen molar-refractivity contribution in [2.45, 2.75) is 82.0 Å². The van der Waals surface area contributed by atoms with Crippen molar-refractivity contribution in [1.82, 2.24) is 15.5 Å². The summed E-state index contributed by atoms with van der Waals surface area (Å²) in [7, 11) is 1.70. The molecule has 10 nitrogen and oxygen atoms in total. The molecule has 42 heavy (non-hydrogen) atoms. The van der Waals surface area contributed by atoms with Gasteiger partial charge in [-0.15, -0.1) is 0 Å². The topological polar surface area (TPSA) is 124 Å². The first-order chi connectivity index (χ1) is 20.1. The molecule has 4 rings (SSSR count). The van der Waals surface area contributed by atoms with Gasteiger partial charge in [-0.2, -0.15) is 13.2 Å². The second-order valence-electron chi connectivity index (χ2n) is 11.0. The summed E-state index contributed by atoms with van der Waals surface area (Å²) in [5.41, 5.74) is 6.86. The molecular weight excluding hydrogens is 555 g/mol. The third kappa shape index (κ3) is 8.15. The maximum Gasteiger partial charge on any atom is 0.449 e. The van der Waals surface area contributed by atoms with Gasteiger partial charge in [0.2, 0.25) is 5.76 Å². The molecule has 1 amide bonds. The first kappa shape index (κ1) is 32.1. The van der Waals surface area contributed by atoms with Crippen molar-refractivity contribution in [3.05, 3.63) is 47.2 Å². The van der Waals surface area contributed by atoms with E-state index in [0.717, 1.165) is 44.5 Å². The third-order valence-electron chi connectivity index (χ3n) is 8.17. The Balaban J connectivity index is 1.30. The average Bonchev–Trinajstić information content (AvgIpc) is 3.50. The minimum absolute atomic E-state index is 0.0188. The van der Waals surface area contributed by atoms with Gasteiger partial charge in [0, 0.05) is 56.7 Å². The minimum Gasteiger partial charge on any atom is -0.454 e. The number of rotatable bonds is 10. The molecule has 4 N–H and O–H groups in total. The number of piperidine rings is 1. The van der Waals surface area contributed by atoms with E-state index in [0.29, 0.717) is 50.5 Å². The number of nitrogens with zero attached hydrogens (tertiary/aromatic N) is 2. The molecule has 3 fully saturated rings. The normalized spacial score (nSPS) is 26.7. The highest BCUT2D eigenvalue weighted by Gasteiger charge is 2.36. The summed E-state index contributed by atoms with van der Waals surface area (Å²) in [5, 5.41) is 6.89. The summed E-state index contributed by atoms with van der Waals surface area (Å²) < 4.78 is 60.9. The number of carbonyl (C=O) groups excluding carboxylic acids is 1. The Hall–Kier alpha value is -2.87. The smallest absolute Gasteiger partial charge is 0.449 e. The molecule has 0 radical (unpaired) electrons. The van der Waals surface area contributed by atoms with Gasteiger partial charge in [0.05, 0.1) is 25.2 Å². The van der Waals surface area contributed by atoms with Crippen LogP contribution in [0.5, 0.6) is 0 Å². The third-order valence-corrected chi connectivity index (χ3v) is 8.17. The minimum atomic E-state index is -4.54. The molecule has 4 atom stereocenters.